The molecule has 0 radical (unpaired) electrons. The van der Waals surface area contributed by atoms with Crippen LogP contribution in [0.25, 0.3) is 0 Å². The summed E-state index contributed by atoms with van der Waals surface area (Å²) >= 11 is 0. The van der Waals surface area contributed by atoms with E-state index in [0.717, 1.165) is 19.6 Å². The van der Waals surface area contributed by atoms with E-state index in [1.54, 1.807) is 7.11 Å². The number of nitrogens with one attached hydrogen (secondary N) is 1. The lowest BCUT2D eigenvalue weighted by Gasteiger charge is -2.16. The summed E-state index contributed by atoms with van der Waals surface area (Å²) in [5.41, 5.74) is 1.35. The SMILES string of the molecule is CCC(NCCOC)c1ccccc1. The Balaban J connectivity index is 2.46. The molecule has 0 fully saturated rings. The zero-order chi connectivity index (χ0) is 10.2. The van der Waals surface area contributed by atoms with Crippen molar-refractivity contribution in [3.8, 4) is 0 Å². The van der Waals surface area contributed by atoms with Crippen LogP contribution in [0.4, 0.5) is 0 Å². The monoisotopic (exact) mass is 193 g/mol. The first kappa shape index (κ1) is 11.2. The van der Waals surface area contributed by atoms with Gasteiger partial charge < -0.3 is 10.1 Å². The second-order valence-electron chi connectivity index (χ2n) is 3.32. The minimum absolute atomic E-state index is 0.450. The normalized spacial score (nSPS) is 12.7. The van der Waals surface area contributed by atoms with Crippen molar-refractivity contribution < 1.29 is 4.74 Å². The van der Waals surface area contributed by atoms with Gasteiger partial charge in [0, 0.05) is 19.7 Å². The van der Waals surface area contributed by atoms with E-state index in [1.165, 1.54) is 5.56 Å². The van der Waals surface area contributed by atoms with Gasteiger partial charge in [0.25, 0.3) is 0 Å². The van der Waals surface area contributed by atoms with Gasteiger partial charge in [0.1, 0.15) is 0 Å². The molecule has 78 valence electrons. The van der Waals surface area contributed by atoms with Crippen molar-refractivity contribution in [1.29, 1.82) is 0 Å². The smallest absolute Gasteiger partial charge is 0.0587 e. The second-order valence-corrected chi connectivity index (χ2v) is 3.32. The van der Waals surface area contributed by atoms with Crippen molar-refractivity contribution in [3.05, 3.63) is 35.9 Å². The average Bonchev–Trinajstić information content (AvgIpc) is 2.26. The van der Waals surface area contributed by atoms with Gasteiger partial charge in [0.05, 0.1) is 6.61 Å². The summed E-state index contributed by atoms with van der Waals surface area (Å²) in [7, 11) is 1.73. The van der Waals surface area contributed by atoms with Gasteiger partial charge in [0.2, 0.25) is 0 Å². The lowest BCUT2D eigenvalue weighted by atomic mass is 10.1. The second kappa shape index (κ2) is 6.57. The molecule has 0 saturated carbocycles. The van der Waals surface area contributed by atoms with Crippen LogP contribution in [-0.4, -0.2) is 20.3 Å². The maximum absolute atomic E-state index is 5.01. The number of ether oxygens (including phenoxy) is 1. The molecule has 2 heteroatoms. The van der Waals surface area contributed by atoms with E-state index < -0.39 is 0 Å². The highest BCUT2D eigenvalue weighted by molar-refractivity contribution is 5.18. The Morgan fingerprint density at radius 1 is 1.29 bits per heavy atom. The standard InChI is InChI=1S/C12H19NO/c1-3-12(13-9-10-14-2)11-7-5-4-6-8-11/h4-8,12-13H,3,9-10H2,1-2H3. The van der Waals surface area contributed by atoms with Gasteiger partial charge in [-0.25, -0.2) is 0 Å². The summed E-state index contributed by atoms with van der Waals surface area (Å²) in [6, 6.07) is 11.0. The average molecular weight is 193 g/mol. The summed E-state index contributed by atoms with van der Waals surface area (Å²) in [5, 5.41) is 3.46. The highest BCUT2D eigenvalue weighted by Crippen LogP contribution is 2.15. The van der Waals surface area contributed by atoms with Crippen LogP contribution in [0.15, 0.2) is 30.3 Å². The van der Waals surface area contributed by atoms with Crippen molar-refractivity contribution >= 4 is 0 Å². The fourth-order valence-corrected chi connectivity index (χ4v) is 1.52. The predicted molar refractivity (Wildman–Crippen MR) is 59.4 cm³/mol. The lowest BCUT2D eigenvalue weighted by molar-refractivity contribution is 0.195. The van der Waals surface area contributed by atoms with Crippen LogP contribution in [0, 0.1) is 0 Å². The van der Waals surface area contributed by atoms with Gasteiger partial charge in [-0.05, 0) is 12.0 Å². The molecule has 2 nitrogen and oxygen atoms in total. The van der Waals surface area contributed by atoms with Gasteiger partial charge in [-0.15, -0.1) is 0 Å². The van der Waals surface area contributed by atoms with E-state index in [-0.39, 0.29) is 0 Å². The van der Waals surface area contributed by atoms with Crippen LogP contribution >= 0.6 is 0 Å². The maximum atomic E-state index is 5.01. The van der Waals surface area contributed by atoms with Crippen LogP contribution in [0.3, 0.4) is 0 Å². The topological polar surface area (TPSA) is 21.3 Å². The largest absolute Gasteiger partial charge is 0.383 e. The van der Waals surface area contributed by atoms with Crippen molar-refractivity contribution in [2.24, 2.45) is 0 Å². The molecule has 1 aromatic rings. The summed E-state index contributed by atoms with van der Waals surface area (Å²) < 4.78 is 5.01. The molecule has 1 aromatic carbocycles. The Morgan fingerprint density at radius 2 is 2.00 bits per heavy atom. The van der Waals surface area contributed by atoms with Gasteiger partial charge in [-0.1, -0.05) is 37.3 Å². The quantitative estimate of drug-likeness (QED) is 0.700. The van der Waals surface area contributed by atoms with Gasteiger partial charge in [-0.3, -0.25) is 0 Å². The Bertz CT molecular complexity index is 235. The third-order valence-electron chi connectivity index (χ3n) is 2.31. The van der Waals surface area contributed by atoms with E-state index in [4.69, 9.17) is 4.74 Å². The molecule has 0 heterocycles. The summed E-state index contributed by atoms with van der Waals surface area (Å²) in [6.07, 6.45) is 1.10. The van der Waals surface area contributed by atoms with Crippen LogP contribution in [0.5, 0.6) is 0 Å². The number of hydrogen-bond donors (Lipinski definition) is 1. The minimum Gasteiger partial charge on any atom is -0.383 e. The van der Waals surface area contributed by atoms with E-state index in [2.05, 4.69) is 36.5 Å². The third kappa shape index (κ3) is 3.48. The highest BCUT2D eigenvalue weighted by Gasteiger charge is 2.06. The Labute approximate surface area is 86.3 Å². The van der Waals surface area contributed by atoms with Crippen LogP contribution in [-0.2, 0) is 4.74 Å². The van der Waals surface area contributed by atoms with Gasteiger partial charge >= 0.3 is 0 Å². The number of hydrogen-bond acceptors (Lipinski definition) is 2. The molecule has 0 aliphatic carbocycles. The number of rotatable bonds is 6. The molecule has 0 spiro atoms. The molecule has 1 rings (SSSR count). The fraction of sp³-hybridized carbons (Fsp3) is 0.500. The van der Waals surface area contributed by atoms with E-state index in [1.807, 2.05) is 6.07 Å². The molecule has 0 bridgehead atoms. The zero-order valence-corrected chi connectivity index (χ0v) is 8.99. The van der Waals surface area contributed by atoms with Crippen molar-refractivity contribution in [1.82, 2.24) is 5.32 Å². The molecule has 0 amide bonds. The fourth-order valence-electron chi connectivity index (χ4n) is 1.52. The summed E-state index contributed by atoms with van der Waals surface area (Å²) in [5.74, 6) is 0. The first-order chi connectivity index (χ1) is 6.88. The molecular weight excluding hydrogens is 174 g/mol. The van der Waals surface area contributed by atoms with E-state index >= 15 is 0 Å². The van der Waals surface area contributed by atoms with Crippen molar-refractivity contribution in [2.45, 2.75) is 19.4 Å². The highest BCUT2D eigenvalue weighted by atomic mass is 16.5. The zero-order valence-electron chi connectivity index (χ0n) is 8.99. The number of methoxy groups -OCH3 is 1. The lowest BCUT2D eigenvalue weighted by Crippen LogP contribution is -2.24. The van der Waals surface area contributed by atoms with Gasteiger partial charge in [0.15, 0.2) is 0 Å². The van der Waals surface area contributed by atoms with E-state index in [9.17, 15) is 0 Å². The molecule has 0 saturated heterocycles. The molecule has 0 aromatic heterocycles. The molecule has 0 aliphatic heterocycles. The van der Waals surface area contributed by atoms with Crippen molar-refractivity contribution in [3.63, 3.8) is 0 Å². The Hall–Kier alpha value is -0.860. The Morgan fingerprint density at radius 3 is 2.57 bits per heavy atom. The van der Waals surface area contributed by atoms with Gasteiger partial charge in [-0.2, -0.15) is 0 Å². The molecule has 1 atom stereocenters. The molecule has 1 unspecified atom stereocenters. The minimum atomic E-state index is 0.450. The molecular formula is C12H19NO. The van der Waals surface area contributed by atoms with Crippen molar-refractivity contribution in [2.75, 3.05) is 20.3 Å². The van der Waals surface area contributed by atoms with E-state index in [0.29, 0.717) is 6.04 Å². The molecule has 14 heavy (non-hydrogen) atoms. The Kier molecular flexibility index (Phi) is 5.27. The summed E-state index contributed by atoms with van der Waals surface area (Å²) in [6.45, 7) is 3.87. The predicted octanol–water partition coefficient (Wildman–Crippen LogP) is 2.37. The maximum Gasteiger partial charge on any atom is 0.0587 e. The van der Waals surface area contributed by atoms with Crippen LogP contribution < -0.4 is 5.32 Å². The molecule has 1 N–H and O–H groups in total. The third-order valence-corrected chi connectivity index (χ3v) is 2.31. The van der Waals surface area contributed by atoms with Crippen LogP contribution in [0.2, 0.25) is 0 Å². The first-order valence-electron chi connectivity index (χ1n) is 5.15. The first-order valence-corrected chi connectivity index (χ1v) is 5.15. The summed E-state index contributed by atoms with van der Waals surface area (Å²) in [4.78, 5) is 0. The van der Waals surface area contributed by atoms with Crippen LogP contribution in [0.1, 0.15) is 24.9 Å². The molecule has 0 aliphatic rings. The number of benzene rings is 1.